The van der Waals surface area contributed by atoms with Gasteiger partial charge in [0, 0.05) is 13.0 Å². The first-order valence-corrected chi connectivity index (χ1v) is 24.8. The van der Waals surface area contributed by atoms with Crippen LogP contribution < -0.4 is 5.32 Å². The molecule has 1 saturated heterocycles. The summed E-state index contributed by atoms with van der Waals surface area (Å²) in [5, 5.41) is 11.4. The van der Waals surface area contributed by atoms with Gasteiger partial charge in [0.05, 0.1) is 19.3 Å². The average molecular weight is 900 g/mol. The molecule has 1 fully saturated rings. The number of rotatable bonds is 36. The summed E-state index contributed by atoms with van der Waals surface area (Å²) in [4.78, 5) is 13.6. The molecule has 58 heavy (non-hydrogen) atoms. The highest BCUT2D eigenvalue weighted by Crippen LogP contribution is 2.53. The van der Waals surface area contributed by atoms with Crippen LogP contribution in [0.4, 0.5) is 0 Å². The van der Waals surface area contributed by atoms with Gasteiger partial charge in [-0.05, 0) is 50.9 Å². The van der Waals surface area contributed by atoms with E-state index in [-0.39, 0.29) is 25.5 Å². The number of phosphoric ester groups is 1. The van der Waals surface area contributed by atoms with Crippen molar-refractivity contribution < 1.29 is 37.1 Å². The molecule has 2 N–H and O–H groups in total. The van der Waals surface area contributed by atoms with Crippen LogP contribution in [0, 0.1) is 11.3 Å². The maximum absolute atomic E-state index is 14.0. The minimum atomic E-state index is -4.23. The summed E-state index contributed by atoms with van der Waals surface area (Å²) >= 11 is 18.1. The molecular weight excluding hydrogens is 822 g/mol. The summed E-state index contributed by atoms with van der Waals surface area (Å²) in [5.41, 5.74) is 0. The van der Waals surface area contributed by atoms with Gasteiger partial charge >= 0.3 is 7.82 Å². The van der Waals surface area contributed by atoms with E-state index < -0.39 is 48.2 Å². The van der Waals surface area contributed by atoms with Gasteiger partial charge in [-0.3, -0.25) is 23.8 Å². The number of alkyl halides is 3. The van der Waals surface area contributed by atoms with E-state index in [0.29, 0.717) is 25.4 Å². The lowest BCUT2D eigenvalue weighted by molar-refractivity contribution is -0.249. The number of allylic oxidation sites excluding steroid dienone is 2. The Morgan fingerprint density at radius 3 is 1.90 bits per heavy atom. The van der Waals surface area contributed by atoms with Crippen LogP contribution in [0.5, 0.6) is 0 Å². The third kappa shape index (κ3) is 25.1. The van der Waals surface area contributed by atoms with Crippen molar-refractivity contribution in [3.63, 3.8) is 0 Å². The molecule has 1 heterocycles. The molecule has 0 radical (unpaired) electrons. The standard InChI is InChI=1S/C44H78Cl3N2O8P/c1-7-12-14-16-17-18-19-20-21-22-23-24-25-27-29-31-38(50)49-39-41(52-35-32-36(6)30-28-26-15-13-8-2)40(57-58(51,53-33-9-3)54-34-10-4)37(11-5)55-42(39)56-43(48)44(45,46)47/h9-10,18-19,36-37,39-42,48H,3-4,7-8,11-17,20-35H2,1-2,5-6H3,(H,49,50)/b19-18-,48-43?/t36-,37-,39-,40?,41-,42-/m1/s1. The minimum Gasteiger partial charge on any atom is -0.446 e. The lowest BCUT2D eigenvalue weighted by Gasteiger charge is -2.46. The van der Waals surface area contributed by atoms with Gasteiger partial charge in [0.2, 0.25) is 18.1 Å². The molecule has 338 valence electrons. The van der Waals surface area contributed by atoms with Crippen molar-refractivity contribution in [2.45, 2.75) is 203 Å². The molecule has 14 heteroatoms. The fourth-order valence-electron chi connectivity index (χ4n) is 6.79. The molecule has 0 aromatic rings. The van der Waals surface area contributed by atoms with Crippen LogP contribution in [0.25, 0.3) is 0 Å². The second-order valence-corrected chi connectivity index (χ2v) is 19.3. The van der Waals surface area contributed by atoms with E-state index in [9.17, 15) is 9.36 Å². The third-order valence-electron chi connectivity index (χ3n) is 10.2. The molecule has 0 aromatic carbocycles. The lowest BCUT2D eigenvalue weighted by Crippen LogP contribution is -2.65. The highest BCUT2D eigenvalue weighted by atomic mass is 35.6. The fourth-order valence-corrected chi connectivity index (χ4v) is 8.25. The van der Waals surface area contributed by atoms with Crippen LogP contribution in [0.15, 0.2) is 37.5 Å². The summed E-state index contributed by atoms with van der Waals surface area (Å²) in [6.07, 6.45) is 26.7. The van der Waals surface area contributed by atoms with Crippen LogP contribution >= 0.6 is 42.6 Å². The topological polar surface area (TPSA) is 125 Å². The number of nitrogens with one attached hydrogen (secondary N) is 2. The Labute approximate surface area is 367 Å². The second kappa shape index (κ2) is 33.7. The van der Waals surface area contributed by atoms with Crippen molar-refractivity contribution in [2.75, 3.05) is 19.8 Å². The lowest BCUT2D eigenvalue weighted by atomic mass is 9.94. The molecule has 1 aliphatic rings. The number of halogens is 3. The highest BCUT2D eigenvalue weighted by molar-refractivity contribution is 7.48. The molecule has 10 nitrogen and oxygen atoms in total. The molecular formula is C44H78Cl3N2O8P. The van der Waals surface area contributed by atoms with E-state index in [1.54, 1.807) is 0 Å². The number of carbonyl (C=O) groups is 1. The number of amides is 1. The van der Waals surface area contributed by atoms with Crippen molar-refractivity contribution in [3.8, 4) is 0 Å². The van der Waals surface area contributed by atoms with Crippen LogP contribution in [0.3, 0.4) is 0 Å². The van der Waals surface area contributed by atoms with Gasteiger partial charge < -0.3 is 19.5 Å². The zero-order valence-electron chi connectivity index (χ0n) is 36.2. The van der Waals surface area contributed by atoms with Crippen molar-refractivity contribution in [1.82, 2.24) is 5.32 Å². The van der Waals surface area contributed by atoms with Gasteiger partial charge in [0.1, 0.15) is 18.2 Å². The van der Waals surface area contributed by atoms with Crippen molar-refractivity contribution in [2.24, 2.45) is 5.92 Å². The zero-order valence-corrected chi connectivity index (χ0v) is 39.4. The number of ether oxygens (including phenoxy) is 3. The Morgan fingerprint density at radius 1 is 0.810 bits per heavy atom. The third-order valence-corrected chi connectivity index (χ3v) is 12.2. The van der Waals surface area contributed by atoms with Gasteiger partial charge in [0.15, 0.2) is 0 Å². The number of carbonyl (C=O) groups excluding carboxylic acids is 1. The molecule has 1 aliphatic heterocycles. The molecule has 0 saturated carbocycles. The Bertz CT molecular complexity index is 1170. The van der Waals surface area contributed by atoms with Crippen molar-refractivity contribution >= 4 is 54.4 Å². The molecule has 0 bridgehead atoms. The molecule has 1 rings (SSSR count). The van der Waals surface area contributed by atoms with E-state index in [2.05, 4.69) is 51.4 Å². The number of unbranched alkanes of at least 4 members (excludes halogenated alkanes) is 15. The molecule has 1 unspecified atom stereocenters. The van der Waals surface area contributed by atoms with E-state index in [4.69, 9.17) is 68.0 Å². The van der Waals surface area contributed by atoms with Crippen LogP contribution in [-0.4, -0.2) is 66.1 Å². The highest BCUT2D eigenvalue weighted by Gasteiger charge is 2.52. The number of hydrogen-bond acceptors (Lipinski definition) is 9. The smallest absolute Gasteiger partial charge is 0.446 e. The number of phosphoric acid groups is 1. The SMILES string of the molecule is C=CCOP(=O)(OCC=C)OC1[C@@H](CC)O[C@H](OC(=N)C(Cl)(Cl)Cl)[C@H](NC(=O)CCCCCCCCC/C=C\CCCCCC)[C@H]1OCC[C@H](C)CCCCCCC. The van der Waals surface area contributed by atoms with Crippen LogP contribution in [0.2, 0.25) is 0 Å². The maximum atomic E-state index is 14.0. The molecule has 0 aromatic heterocycles. The van der Waals surface area contributed by atoms with Gasteiger partial charge in [-0.15, -0.1) is 13.2 Å². The molecule has 0 aliphatic carbocycles. The molecule has 1 amide bonds. The summed E-state index contributed by atoms with van der Waals surface area (Å²) in [6.45, 7) is 15.9. The van der Waals surface area contributed by atoms with Crippen LogP contribution in [0.1, 0.15) is 169 Å². The Kier molecular flexibility index (Phi) is 32.0. The average Bonchev–Trinajstić information content (AvgIpc) is 3.19. The van der Waals surface area contributed by atoms with Gasteiger partial charge in [-0.2, -0.15) is 0 Å². The molecule has 0 spiro atoms. The Morgan fingerprint density at radius 2 is 1.34 bits per heavy atom. The summed E-state index contributed by atoms with van der Waals surface area (Å²) in [6, 6.07) is -1.05. The maximum Gasteiger partial charge on any atom is 0.475 e. The van der Waals surface area contributed by atoms with Crippen molar-refractivity contribution in [1.29, 1.82) is 5.41 Å². The monoisotopic (exact) mass is 898 g/mol. The van der Waals surface area contributed by atoms with Crippen LogP contribution in [-0.2, 0) is 37.1 Å². The van der Waals surface area contributed by atoms with Gasteiger partial charge in [-0.1, -0.05) is 177 Å². The quantitative estimate of drug-likeness (QED) is 0.0159. The fraction of sp³-hybridized carbons (Fsp3) is 0.818. The van der Waals surface area contributed by atoms with E-state index >= 15 is 0 Å². The summed E-state index contributed by atoms with van der Waals surface area (Å²) in [7, 11) is -4.23. The summed E-state index contributed by atoms with van der Waals surface area (Å²) < 4.78 is 47.9. The van der Waals surface area contributed by atoms with E-state index in [1.807, 2.05) is 6.92 Å². The first kappa shape index (κ1) is 55.1. The van der Waals surface area contributed by atoms with E-state index in [0.717, 1.165) is 44.9 Å². The summed E-state index contributed by atoms with van der Waals surface area (Å²) in [5.74, 6) is -0.569. The predicted octanol–water partition coefficient (Wildman–Crippen LogP) is 13.7. The molecule has 6 atom stereocenters. The number of hydrogen-bond donors (Lipinski definition) is 2. The second-order valence-electron chi connectivity index (χ2n) is 15.4. The predicted molar refractivity (Wildman–Crippen MR) is 241 cm³/mol. The normalized spacial score (nSPS) is 20.6. The first-order chi connectivity index (χ1) is 27.8. The van der Waals surface area contributed by atoms with Crippen molar-refractivity contribution in [3.05, 3.63) is 37.5 Å². The Hall–Kier alpha value is -0.940. The Balaban J connectivity index is 3.10. The largest absolute Gasteiger partial charge is 0.475 e. The zero-order chi connectivity index (χ0) is 43.1. The van der Waals surface area contributed by atoms with Gasteiger partial charge in [-0.25, -0.2) is 4.57 Å². The first-order valence-electron chi connectivity index (χ1n) is 22.2. The van der Waals surface area contributed by atoms with Gasteiger partial charge in [0.25, 0.3) is 3.79 Å². The minimum absolute atomic E-state index is 0.108. The van der Waals surface area contributed by atoms with E-state index in [1.165, 1.54) is 89.2 Å².